The molecule has 126 valence electrons. The van der Waals surface area contributed by atoms with Crippen LogP contribution in [0.5, 0.6) is 0 Å². The maximum atomic E-state index is 6.37. The number of unbranched alkanes of at least 4 members (excludes halogenated alkanes) is 7. The smallest absolute Gasteiger partial charge is 0.0280 e. The van der Waals surface area contributed by atoms with Gasteiger partial charge in [0, 0.05) is 5.88 Å². The first-order valence-electron chi connectivity index (χ1n) is 9.82. The molecule has 1 aliphatic rings. The van der Waals surface area contributed by atoms with Gasteiger partial charge in [0.1, 0.15) is 0 Å². The second kappa shape index (κ2) is 11.8. The molecule has 1 heteroatoms. The lowest BCUT2D eigenvalue weighted by atomic mass is 9.68. The van der Waals surface area contributed by atoms with E-state index in [1.165, 1.54) is 96.3 Å². The summed E-state index contributed by atoms with van der Waals surface area (Å²) in [7, 11) is 0. The summed E-state index contributed by atoms with van der Waals surface area (Å²) in [4.78, 5) is 0. The van der Waals surface area contributed by atoms with Crippen molar-refractivity contribution in [1.82, 2.24) is 0 Å². The minimum absolute atomic E-state index is 0.508. The van der Waals surface area contributed by atoms with Gasteiger partial charge in [-0.1, -0.05) is 78.1 Å². The standard InChI is InChI=1S/C20H39Cl/c1-3-5-7-8-9-10-11-15-20(18-21)16-13-19(14-17-20)12-6-4-2/h19H,3-18H2,1-2H3. The van der Waals surface area contributed by atoms with Gasteiger partial charge in [0.15, 0.2) is 0 Å². The van der Waals surface area contributed by atoms with Crippen molar-refractivity contribution < 1.29 is 0 Å². The van der Waals surface area contributed by atoms with Crippen molar-refractivity contribution in [3.8, 4) is 0 Å². The Hall–Kier alpha value is 0.290. The summed E-state index contributed by atoms with van der Waals surface area (Å²) in [5.41, 5.74) is 0.508. The van der Waals surface area contributed by atoms with Crippen molar-refractivity contribution in [2.24, 2.45) is 11.3 Å². The first kappa shape index (κ1) is 19.3. The molecular weight excluding hydrogens is 276 g/mol. The zero-order valence-electron chi connectivity index (χ0n) is 14.8. The van der Waals surface area contributed by atoms with E-state index in [2.05, 4.69) is 13.8 Å². The predicted octanol–water partition coefficient (Wildman–Crippen LogP) is 7.73. The van der Waals surface area contributed by atoms with Crippen LogP contribution in [0.3, 0.4) is 0 Å². The van der Waals surface area contributed by atoms with Crippen molar-refractivity contribution >= 4 is 11.6 Å². The molecule has 0 aromatic carbocycles. The zero-order chi connectivity index (χ0) is 15.4. The van der Waals surface area contributed by atoms with Crippen LogP contribution in [0.1, 0.15) is 110 Å². The van der Waals surface area contributed by atoms with Crippen molar-refractivity contribution in [1.29, 1.82) is 0 Å². The Bertz CT molecular complexity index is 228. The van der Waals surface area contributed by atoms with Crippen molar-refractivity contribution in [3.63, 3.8) is 0 Å². The maximum absolute atomic E-state index is 6.37. The van der Waals surface area contributed by atoms with Gasteiger partial charge >= 0.3 is 0 Å². The summed E-state index contributed by atoms with van der Waals surface area (Å²) in [6.45, 7) is 4.60. The number of hydrogen-bond acceptors (Lipinski definition) is 0. The lowest BCUT2D eigenvalue weighted by Crippen LogP contribution is -2.29. The molecule has 0 N–H and O–H groups in total. The van der Waals surface area contributed by atoms with E-state index in [1.54, 1.807) is 0 Å². The molecule has 0 radical (unpaired) electrons. The van der Waals surface area contributed by atoms with Crippen LogP contribution in [0.25, 0.3) is 0 Å². The first-order chi connectivity index (χ1) is 10.3. The Morgan fingerprint density at radius 1 is 0.810 bits per heavy atom. The number of alkyl halides is 1. The Morgan fingerprint density at radius 2 is 1.38 bits per heavy atom. The molecular formula is C20H39Cl. The molecule has 0 heterocycles. The van der Waals surface area contributed by atoms with Crippen LogP contribution in [-0.4, -0.2) is 5.88 Å². The van der Waals surface area contributed by atoms with E-state index >= 15 is 0 Å². The average Bonchev–Trinajstić information content (AvgIpc) is 2.53. The second-order valence-electron chi connectivity index (χ2n) is 7.59. The van der Waals surface area contributed by atoms with Gasteiger partial charge in [-0.05, 0) is 43.4 Å². The highest BCUT2D eigenvalue weighted by atomic mass is 35.5. The molecule has 0 bridgehead atoms. The van der Waals surface area contributed by atoms with E-state index in [9.17, 15) is 0 Å². The molecule has 0 amide bonds. The van der Waals surface area contributed by atoms with Crippen LogP contribution in [0.4, 0.5) is 0 Å². The van der Waals surface area contributed by atoms with Gasteiger partial charge in [-0.3, -0.25) is 0 Å². The van der Waals surface area contributed by atoms with Gasteiger partial charge in [-0.15, -0.1) is 11.6 Å². The quantitative estimate of drug-likeness (QED) is 0.255. The van der Waals surface area contributed by atoms with Crippen LogP contribution >= 0.6 is 11.6 Å². The van der Waals surface area contributed by atoms with E-state index in [0.29, 0.717) is 5.41 Å². The Labute approximate surface area is 139 Å². The molecule has 0 saturated heterocycles. The third-order valence-electron chi connectivity index (χ3n) is 5.73. The number of hydrogen-bond donors (Lipinski definition) is 0. The minimum Gasteiger partial charge on any atom is -0.126 e. The van der Waals surface area contributed by atoms with Crippen LogP contribution in [0.2, 0.25) is 0 Å². The summed E-state index contributed by atoms with van der Waals surface area (Å²) in [6.07, 6.45) is 21.3. The summed E-state index contributed by atoms with van der Waals surface area (Å²) in [5.74, 6) is 1.92. The normalized spacial score (nSPS) is 26.1. The second-order valence-corrected chi connectivity index (χ2v) is 7.86. The fraction of sp³-hybridized carbons (Fsp3) is 1.00. The molecule has 1 fully saturated rings. The average molecular weight is 315 g/mol. The molecule has 0 atom stereocenters. The van der Waals surface area contributed by atoms with Crippen molar-refractivity contribution in [2.45, 2.75) is 110 Å². The monoisotopic (exact) mass is 314 g/mol. The SMILES string of the molecule is CCCCCCCCCC1(CCl)CCC(CCCC)CC1. The van der Waals surface area contributed by atoms with Gasteiger partial charge in [0.2, 0.25) is 0 Å². The maximum Gasteiger partial charge on any atom is 0.0280 e. The minimum atomic E-state index is 0.508. The summed E-state index contributed by atoms with van der Waals surface area (Å²) >= 11 is 6.37. The Kier molecular flexibility index (Phi) is 10.9. The Balaban J connectivity index is 2.13. The van der Waals surface area contributed by atoms with Gasteiger partial charge < -0.3 is 0 Å². The van der Waals surface area contributed by atoms with E-state index in [4.69, 9.17) is 11.6 Å². The van der Waals surface area contributed by atoms with Crippen molar-refractivity contribution in [3.05, 3.63) is 0 Å². The summed E-state index contributed by atoms with van der Waals surface area (Å²) < 4.78 is 0. The van der Waals surface area contributed by atoms with Gasteiger partial charge in [-0.25, -0.2) is 0 Å². The fourth-order valence-electron chi connectivity index (χ4n) is 3.98. The third kappa shape index (κ3) is 7.91. The molecule has 0 nitrogen and oxygen atoms in total. The van der Waals surface area contributed by atoms with E-state index < -0.39 is 0 Å². The van der Waals surface area contributed by atoms with Crippen LogP contribution in [0.15, 0.2) is 0 Å². The van der Waals surface area contributed by atoms with E-state index in [0.717, 1.165) is 11.8 Å². The lowest BCUT2D eigenvalue weighted by Gasteiger charge is -2.39. The van der Waals surface area contributed by atoms with Gasteiger partial charge in [0.05, 0.1) is 0 Å². The molecule has 1 rings (SSSR count). The third-order valence-corrected chi connectivity index (χ3v) is 6.29. The number of rotatable bonds is 12. The van der Waals surface area contributed by atoms with Crippen LogP contribution < -0.4 is 0 Å². The predicted molar refractivity (Wildman–Crippen MR) is 97.2 cm³/mol. The van der Waals surface area contributed by atoms with Gasteiger partial charge in [0.25, 0.3) is 0 Å². The molecule has 0 aliphatic heterocycles. The highest BCUT2D eigenvalue weighted by Gasteiger charge is 2.33. The van der Waals surface area contributed by atoms with Gasteiger partial charge in [-0.2, -0.15) is 0 Å². The topological polar surface area (TPSA) is 0 Å². The molecule has 0 aromatic heterocycles. The zero-order valence-corrected chi connectivity index (χ0v) is 15.5. The molecule has 21 heavy (non-hydrogen) atoms. The van der Waals surface area contributed by atoms with Crippen molar-refractivity contribution in [2.75, 3.05) is 5.88 Å². The van der Waals surface area contributed by atoms with Crippen LogP contribution in [-0.2, 0) is 0 Å². The number of halogens is 1. The summed E-state index contributed by atoms with van der Waals surface area (Å²) in [6, 6.07) is 0. The van der Waals surface area contributed by atoms with E-state index in [-0.39, 0.29) is 0 Å². The molecule has 0 spiro atoms. The largest absolute Gasteiger partial charge is 0.126 e. The van der Waals surface area contributed by atoms with E-state index in [1.807, 2.05) is 0 Å². The van der Waals surface area contributed by atoms with Crippen LogP contribution in [0, 0.1) is 11.3 Å². The lowest BCUT2D eigenvalue weighted by molar-refractivity contribution is 0.150. The first-order valence-corrected chi connectivity index (χ1v) is 10.4. The molecule has 1 aliphatic carbocycles. The fourth-order valence-corrected chi connectivity index (χ4v) is 4.38. The highest BCUT2D eigenvalue weighted by molar-refractivity contribution is 6.18. The summed E-state index contributed by atoms with van der Waals surface area (Å²) in [5, 5.41) is 0. The molecule has 0 aromatic rings. The Morgan fingerprint density at radius 3 is 1.95 bits per heavy atom. The molecule has 0 unspecified atom stereocenters. The molecule has 1 saturated carbocycles. The highest BCUT2D eigenvalue weighted by Crippen LogP contribution is 2.44.